The molecule has 76 valence electrons. The zero-order valence-electron chi connectivity index (χ0n) is 8.42. The molecule has 0 aliphatic carbocycles. The lowest BCUT2D eigenvalue weighted by Crippen LogP contribution is -2.39. The summed E-state index contributed by atoms with van der Waals surface area (Å²) >= 11 is 0. The minimum Gasteiger partial charge on any atom is -0.338 e. The molecule has 3 N–H and O–H groups in total. The lowest BCUT2D eigenvalue weighted by molar-refractivity contribution is 0.207. The molecule has 0 bridgehead atoms. The van der Waals surface area contributed by atoms with E-state index in [0.717, 1.165) is 13.0 Å². The second-order valence-electron chi connectivity index (χ2n) is 3.57. The number of nitrogens with zero attached hydrogens (tertiary/aromatic N) is 1. The van der Waals surface area contributed by atoms with Crippen LogP contribution in [0.25, 0.3) is 0 Å². The van der Waals surface area contributed by atoms with Crippen molar-refractivity contribution >= 4 is 6.03 Å². The molecule has 13 heavy (non-hydrogen) atoms. The van der Waals surface area contributed by atoms with Crippen molar-refractivity contribution in [1.29, 1.82) is 0 Å². The van der Waals surface area contributed by atoms with Gasteiger partial charge >= 0.3 is 6.03 Å². The van der Waals surface area contributed by atoms with E-state index < -0.39 is 0 Å². The van der Waals surface area contributed by atoms with Crippen molar-refractivity contribution in [2.75, 3.05) is 19.6 Å². The molecule has 2 unspecified atom stereocenters. The zero-order chi connectivity index (χ0) is 9.84. The van der Waals surface area contributed by atoms with Gasteiger partial charge in [0.15, 0.2) is 0 Å². The molecule has 0 aromatic heterocycles. The topological polar surface area (TPSA) is 58.4 Å². The fourth-order valence-corrected chi connectivity index (χ4v) is 1.76. The Bertz CT molecular complexity index is 184. The SMILES string of the molecule is CCNC(=O)N1CC(N)C(CC)C1. The Balaban J connectivity index is 2.43. The zero-order valence-corrected chi connectivity index (χ0v) is 8.42. The summed E-state index contributed by atoms with van der Waals surface area (Å²) < 4.78 is 0. The van der Waals surface area contributed by atoms with Gasteiger partial charge in [-0.3, -0.25) is 0 Å². The summed E-state index contributed by atoms with van der Waals surface area (Å²) in [6.07, 6.45) is 1.05. The van der Waals surface area contributed by atoms with Crippen molar-refractivity contribution in [2.45, 2.75) is 26.3 Å². The monoisotopic (exact) mass is 185 g/mol. The van der Waals surface area contributed by atoms with Crippen LogP contribution in [0.3, 0.4) is 0 Å². The Morgan fingerprint density at radius 1 is 1.54 bits per heavy atom. The van der Waals surface area contributed by atoms with Crippen molar-refractivity contribution < 1.29 is 4.79 Å². The Hall–Kier alpha value is -0.770. The largest absolute Gasteiger partial charge is 0.338 e. The summed E-state index contributed by atoms with van der Waals surface area (Å²) in [6, 6.07) is 0.182. The van der Waals surface area contributed by atoms with Crippen LogP contribution in [0.15, 0.2) is 0 Å². The van der Waals surface area contributed by atoms with E-state index >= 15 is 0 Å². The first kappa shape index (κ1) is 10.3. The maximum Gasteiger partial charge on any atom is 0.317 e. The molecule has 1 aliphatic heterocycles. The molecular weight excluding hydrogens is 166 g/mol. The number of likely N-dealkylation sites (tertiary alicyclic amines) is 1. The average Bonchev–Trinajstić information content (AvgIpc) is 2.47. The van der Waals surface area contributed by atoms with Gasteiger partial charge in [0, 0.05) is 25.7 Å². The average molecular weight is 185 g/mol. The Labute approximate surface area is 79.5 Å². The van der Waals surface area contributed by atoms with E-state index in [1.807, 2.05) is 11.8 Å². The number of hydrogen-bond donors (Lipinski definition) is 2. The molecule has 4 nitrogen and oxygen atoms in total. The van der Waals surface area contributed by atoms with Gasteiger partial charge in [-0.15, -0.1) is 0 Å². The van der Waals surface area contributed by atoms with Crippen molar-refractivity contribution in [3.05, 3.63) is 0 Å². The van der Waals surface area contributed by atoms with Crippen LogP contribution in [-0.4, -0.2) is 36.6 Å². The third kappa shape index (κ3) is 2.34. The molecule has 0 saturated carbocycles. The fourth-order valence-electron chi connectivity index (χ4n) is 1.76. The first-order valence-electron chi connectivity index (χ1n) is 4.97. The lowest BCUT2D eigenvalue weighted by Gasteiger charge is -2.15. The molecule has 0 spiro atoms. The number of carbonyl (C=O) groups is 1. The predicted molar refractivity (Wildman–Crippen MR) is 52.4 cm³/mol. The van der Waals surface area contributed by atoms with Crippen molar-refractivity contribution in [1.82, 2.24) is 10.2 Å². The molecule has 2 amide bonds. The minimum atomic E-state index is 0.0221. The van der Waals surface area contributed by atoms with Crippen LogP contribution in [0.2, 0.25) is 0 Å². The third-order valence-corrected chi connectivity index (χ3v) is 2.63. The number of urea groups is 1. The van der Waals surface area contributed by atoms with Crippen molar-refractivity contribution in [2.24, 2.45) is 11.7 Å². The first-order chi connectivity index (χ1) is 6.19. The number of nitrogens with two attached hydrogens (primary N) is 1. The van der Waals surface area contributed by atoms with E-state index in [1.54, 1.807) is 0 Å². The smallest absolute Gasteiger partial charge is 0.317 e. The first-order valence-corrected chi connectivity index (χ1v) is 4.97. The van der Waals surface area contributed by atoms with Gasteiger partial charge in [0.1, 0.15) is 0 Å². The number of rotatable bonds is 2. The highest BCUT2D eigenvalue weighted by atomic mass is 16.2. The van der Waals surface area contributed by atoms with Gasteiger partial charge in [0.2, 0.25) is 0 Å². The highest BCUT2D eigenvalue weighted by Gasteiger charge is 2.31. The Morgan fingerprint density at radius 3 is 2.69 bits per heavy atom. The van der Waals surface area contributed by atoms with Crippen molar-refractivity contribution in [3.63, 3.8) is 0 Å². The molecule has 1 aliphatic rings. The molecule has 4 heteroatoms. The van der Waals surface area contributed by atoms with Gasteiger partial charge in [0.05, 0.1) is 0 Å². The summed E-state index contributed by atoms with van der Waals surface area (Å²) in [7, 11) is 0. The maximum absolute atomic E-state index is 11.4. The molecular formula is C9H19N3O. The van der Waals surface area contributed by atoms with E-state index in [-0.39, 0.29) is 12.1 Å². The quantitative estimate of drug-likeness (QED) is 0.653. The van der Waals surface area contributed by atoms with Gasteiger partial charge in [-0.2, -0.15) is 0 Å². The van der Waals surface area contributed by atoms with Crippen LogP contribution in [0.4, 0.5) is 4.79 Å². The van der Waals surface area contributed by atoms with E-state index in [9.17, 15) is 4.79 Å². The number of hydrogen-bond acceptors (Lipinski definition) is 2. The second-order valence-corrected chi connectivity index (χ2v) is 3.57. The van der Waals surface area contributed by atoms with E-state index in [2.05, 4.69) is 12.2 Å². The summed E-state index contributed by atoms with van der Waals surface area (Å²) in [5.41, 5.74) is 5.89. The van der Waals surface area contributed by atoms with Crippen molar-refractivity contribution in [3.8, 4) is 0 Å². The molecule has 0 radical (unpaired) electrons. The van der Waals surface area contributed by atoms with Gasteiger partial charge in [0.25, 0.3) is 0 Å². The highest BCUT2D eigenvalue weighted by Crippen LogP contribution is 2.17. The fraction of sp³-hybridized carbons (Fsp3) is 0.889. The van der Waals surface area contributed by atoms with Crippen LogP contribution < -0.4 is 11.1 Å². The van der Waals surface area contributed by atoms with Crippen LogP contribution in [0.1, 0.15) is 20.3 Å². The number of carbonyl (C=O) groups excluding carboxylic acids is 1. The van der Waals surface area contributed by atoms with Crippen LogP contribution in [0, 0.1) is 5.92 Å². The normalized spacial score (nSPS) is 27.8. The lowest BCUT2D eigenvalue weighted by atomic mass is 10.0. The van der Waals surface area contributed by atoms with Crippen LogP contribution in [-0.2, 0) is 0 Å². The molecule has 0 aromatic carbocycles. The van der Waals surface area contributed by atoms with E-state index in [1.165, 1.54) is 0 Å². The van der Waals surface area contributed by atoms with E-state index in [4.69, 9.17) is 5.73 Å². The van der Waals surface area contributed by atoms with Crippen LogP contribution >= 0.6 is 0 Å². The van der Waals surface area contributed by atoms with Gasteiger partial charge in [-0.1, -0.05) is 13.3 Å². The Morgan fingerprint density at radius 2 is 2.23 bits per heavy atom. The van der Waals surface area contributed by atoms with Gasteiger partial charge in [-0.25, -0.2) is 4.79 Å². The maximum atomic E-state index is 11.4. The highest BCUT2D eigenvalue weighted by molar-refractivity contribution is 5.74. The third-order valence-electron chi connectivity index (χ3n) is 2.63. The van der Waals surface area contributed by atoms with Crippen LogP contribution in [0.5, 0.6) is 0 Å². The number of nitrogens with one attached hydrogen (secondary N) is 1. The Kier molecular flexibility index (Phi) is 3.54. The molecule has 1 saturated heterocycles. The molecule has 2 atom stereocenters. The predicted octanol–water partition coefficient (Wildman–Crippen LogP) is 0.385. The standard InChI is InChI=1S/C9H19N3O/c1-3-7-5-12(6-8(7)10)9(13)11-4-2/h7-8H,3-6,10H2,1-2H3,(H,11,13). The summed E-state index contributed by atoms with van der Waals surface area (Å²) in [6.45, 7) is 6.23. The van der Waals surface area contributed by atoms with Gasteiger partial charge < -0.3 is 16.0 Å². The molecule has 1 fully saturated rings. The summed E-state index contributed by atoms with van der Waals surface area (Å²) in [5, 5.41) is 2.78. The number of amides is 2. The van der Waals surface area contributed by atoms with Gasteiger partial charge in [-0.05, 0) is 12.8 Å². The minimum absolute atomic E-state index is 0.0221. The van der Waals surface area contributed by atoms with E-state index in [0.29, 0.717) is 19.0 Å². The molecule has 1 heterocycles. The summed E-state index contributed by atoms with van der Waals surface area (Å²) in [4.78, 5) is 13.2. The summed E-state index contributed by atoms with van der Waals surface area (Å²) in [5.74, 6) is 0.475. The second kappa shape index (κ2) is 4.46. The molecule has 0 aromatic rings. The molecule has 1 rings (SSSR count).